The summed E-state index contributed by atoms with van der Waals surface area (Å²) in [6.45, 7) is 3.55. The van der Waals surface area contributed by atoms with Crippen molar-refractivity contribution in [3.8, 4) is 0 Å². The fraction of sp³-hybridized carbons (Fsp3) is 0.357. The number of carbonyl (C=O) groups is 1. The molecule has 2 aromatic rings. The number of fused-ring (bicyclic) bond motifs is 1. The zero-order valence-electron chi connectivity index (χ0n) is 10.6. The molecule has 1 heterocycles. The molecule has 3 nitrogen and oxygen atoms in total. The van der Waals surface area contributed by atoms with Gasteiger partial charge >= 0.3 is 0 Å². The molecule has 0 aliphatic heterocycles. The molecule has 0 spiro atoms. The van der Waals surface area contributed by atoms with Gasteiger partial charge in [-0.05, 0) is 25.5 Å². The quantitative estimate of drug-likeness (QED) is 0.779. The van der Waals surface area contributed by atoms with Gasteiger partial charge in [-0.15, -0.1) is 0 Å². The fourth-order valence-corrected chi connectivity index (χ4v) is 1.80. The standard InChI is InChI=1S/C14H15FO3/c1-4-14(2,17-3)13(16)11-8-9-6-5-7-10(15)12(9)18-11/h5-8H,4H2,1-3H3. The number of hydrogen-bond donors (Lipinski definition) is 0. The van der Waals surface area contributed by atoms with E-state index >= 15 is 0 Å². The summed E-state index contributed by atoms with van der Waals surface area (Å²) in [4.78, 5) is 12.3. The molecule has 0 aliphatic rings. The lowest BCUT2D eigenvalue weighted by atomic mass is 9.95. The number of halogens is 1. The molecule has 0 bridgehead atoms. The average molecular weight is 250 g/mol. The maximum atomic E-state index is 13.5. The van der Waals surface area contributed by atoms with Crippen LogP contribution in [0, 0.1) is 5.82 Å². The molecule has 2 rings (SSSR count). The largest absolute Gasteiger partial charge is 0.450 e. The monoisotopic (exact) mass is 250 g/mol. The van der Waals surface area contributed by atoms with Gasteiger partial charge < -0.3 is 9.15 Å². The van der Waals surface area contributed by atoms with Crippen molar-refractivity contribution in [3.63, 3.8) is 0 Å². The van der Waals surface area contributed by atoms with Gasteiger partial charge in [-0.3, -0.25) is 4.79 Å². The molecule has 0 saturated carbocycles. The third kappa shape index (κ3) is 1.93. The highest BCUT2D eigenvalue weighted by molar-refractivity contribution is 6.02. The van der Waals surface area contributed by atoms with E-state index in [4.69, 9.17) is 9.15 Å². The van der Waals surface area contributed by atoms with Gasteiger partial charge in [0.2, 0.25) is 5.78 Å². The van der Waals surface area contributed by atoms with Crippen LogP contribution < -0.4 is 0 Å². The zero-order chi connectivity index (χ0) is 13.3. The zero-order valence-corrected chi connectivity index (χ0v) is 10.6. The molecule has 0 aliphatic carbocycles. The summed E-state index contributed by atoms with van der Waals surface area (Å²) in [5.74, 6) is -0.619. The van der Waals surface area contributed by atoms with Crippen LogP contribution in [0.25, 0.3) is 11.0 Å². The van der Waals surface area contributed by atoms with E-state index in [9.17, 15) is 9.18 Å². The first-order chi connectivity index (χ1) is 8.51. The first kappa shape index (κ1) is 12.8. The Bertz CT molecular complexity index is 582. The van der Waals surface area contributed by atoms with Gasteiger partial charge in [0.05, 0.1) is 0 Å². The summed E-state index contributed by atoms with van der Waals surface area (Å²) < 4.78 is 24.0. The van der Waals surface area contributed by atoms with Gasteiger partial charge in [-0.1, -0.05) is 19.1 Å². The molecular weight excluding hydrogens is 235 g/mol. The summed E-state index contributed by atoms with van der Waals surface area (Å²) in [7, 11) is 1.48. The minimum absolute atomic E-state index is 0.107. The van der Waals surface area contributed by atoms with Crippen molar-refractivity contribution < 1.29 is 18.3 Å². The van der Waals surface area contributed by atoms with E-state index in [0.717, 1.165) is 0 Å². The molecule has 1 aromatic heterocycles. The Labute approximate surface area is 105 Å². The lowest BCUT2D eigenvalue weighted by Crippen LogP contribution is -2.36. The van der Waals surface area contributed by atoms with E-state index in [1.165, 1.54) is 13.2 Å². The first-order valence-electron chi connectivity index (χ1n) is 5.80. The van der Waals surface area contributed by atoms with Gasteiger partial charge in [-0.2, -0.15) is 0 Å². The van der Waals surface area contributed by atoms with Crippen LogP contribution in [0.3, 0.4) is 0 Å². The smallest absolute Gasteiger partial charge is 0.229 e. The van der Waals surface area contributed by atoms with Crippen LogP contribution in [-0.4, -0.2) is 18.5 Å². The molecule has 1 atom stereocenters. The molecule has 96 valence electrons. The number of Topliss-reactive ketones (excluding diaryl/α,β-unsaturated/α-hetero) is 1. The summed E-state index contributed by atoms with van der Waals surface area (Å²) in [6.07, 6.45) is 0.516. The molecule has 18 heavy (non-hydrogen) atoms. The van der Waals surface area contributed by atoms with Crippen molar-refractivity contribution in [1.29, 1.82) is 0 Å². The maximum Gasteiger partial charge on any atom is 0.229 e. The highest BCUT2D eigenvalue weighted by Crippen LogP contribution is 2.27. The van der Waals surface area contributed by atoms with E-state index < -0.39 is 11.4 Å². The maximum absolute atomic E-state index is 13.5. The van der Waals surface area contributed by atoms with Gasteiger partial charge in [0, 0.05) is 12.5 Å². The summed E-state index contributed by atoms with van der Waals surface area (Å²) in [6, 6.07) is 6.13. The highest BCUT2D eigenvalue weighted by Gasteiger charge is 2.34. The predicted molar refractivity (Wildman–Crippen MR) is 66.2 cm³/mol. The Morgan fingerprint density at radius 3 is 2.78 bits per heavy atom. The number of hydrogen-bond acceptors (Lipinski definition) is 3. The lowest BCUT2D eigenvalue weighted by Gasteiger charge is -2.23. The van der Waals surface area contributed by atoms with Crippen molar-refractivity contribution in [2.75, 3.05) is 7.11 Å². The van der Waals surface area contributed by atoms with Crippen LogP contribution in [-0.2, 0) is 4.74 Å². The first-order valence-corrected chi connectivity index (χ1v) is 5.80. The third-order valence-corrected chi connectivity index (χ3v) is 3.33. The Hall–Kier alpha value is -1.68. The molecule has 0 radical (unpaired) electrons. The lowest BCUT2D eigenvalue weighted by molar-refractivity contribution is 0.00854. The van der Waals surface area contributed by atoms with Crippen molar-refractivity contribution in [2.24, 2.45) is 0 Å². The number of methoxy groups -OCH3 is 1. The Morgan fingerprint density at radius 2 is 2.22 bits per heavy atom. The third-order valence-electron chi connectivity index (χ3n) is 3.33. The molecule has 4 heteroatoms. The number of rotatable bonds is 4. The Balaban J connectivity index is 2.49. The normalized spacial score (nSPS) is 14.7. The minimum Gasteiger partial charge on any atom is -0.450 e. The molecule has 0 saturated heterocycles. The second-order valence-corrected chi connectivity index (χ2v) is 4.39. The summed E-state index contributed by atoms with van der Waals surface area (Å²) >= 11 is 0. The van der Waals surface area contributed by atoms with Gasteiger partial charge in [0.15, 0.2) is 17.2 Å². The molecule has 0 N–H and O–H groups in total. The second kappa shape index (κ2) is 4.53. The van der Waals surface area contributed by atoms with Crippen LogP contribution in [0.2, 0.25) is 0 Å². The van der Waals surface area contributed by atoms with Gasteiger partial charge in [0.25, 0.3) is 0 Å². The fourth-order valence-electron chi connectivity index (χ4n) is 1.80. The topological polar surface area (TPSA) is 39.4 Å². The average Bonchev–Trinajstić information content (AvgIpc) is 2.82. The van der Waals surface area contributed by atoms with Gasteiger partial charge in [0.1, 0.15) is 5.60 Å². The summed E-state index contributed by atoms with van der Waals surface area (Å²) in [5.41, 5.74) is -0.833. The van der Waals surface area contributed by atoms with Crippen molar-refractivity contribution in [2.45, 2.75) is 25.9 Å². The minimum atomic E-state index is -0.940. The molecule has 1 unspecified atom stereocenters. The van der Waals surface area contributed by atoms with E-state index in [1.807, 2.05) is 6.92 Å². The van der Waals surface area contributed by atoms with Crippen LogP contribution in [0.5, 0.6) is 0 Å². The molecule has 0 fully saturated rings. The number of ketones is 1. The van der Waals surface area contributed by atoms with E-state index in [2.05, 4.69) is 0 Å². The van der Waals surface area contributed by atoms with E-state index in [-0.39, 0.29) is 17.1 Å². The Morgan fingerprint density at radius 1 is 1.50 bits per heavy atom. The van der Waals surface area contributed by atoms with Crippen molar-refractivity contribution in [1.82, 2.24) is 0 Å². The SMILES string of the molecule is CCC(C)(OC)C(=O)c1cc2cccc(F)c2o1. The summed E-state index contributed by atoms with van der Waals surface area (Å²) in [5, 5.41) is 0.577. The predicted octanol–water partition coefficient (Wildman–Crippen LogP) is 3.57. The molecule has 1 aromatic carbocycles. The molecular formula is C14H15FO3. The van der Waals surface area contributed by atoms with E-state index in [0.29, 0.717) is 11.8 Å². The number of furan rings is 1. The van der Waals surface area contributed by atoms with Crippen LogP contribution in [0.15, 0.2) is 28.7 Å². The van der Waals surface area contributed by atoms with Crippen LogP contribution >= 0.6 is 0 Å². The Kier molecular flexibility index (Phi) is 3.22. The van der Waals surface area contributed by atoms with Crippen LogP contribution in [0.1, 0.15) is 30.8 Å². The number of benzene rings is 1. The van der Waals surface area contributed by atoms with Crippen LogP contribution in [0.4, 0.5) is 4.39 Å². The number of ether oxygens (including phenoxy) is 1. The van der Waals surface area contributed by atoms with Gasteiger partial charge in [-0.25, -0.2) is 4.39 Å². The van der Waals surface area contributed by atoms with E-state index in [1.54, 1.807) is 25.1 Å². The molecule has 0 amide bonds. The number of para-hydroxylation sites is 1. The van der Waals surface area contributed by atoms with Crippen molar-refractivity contribution >= 4 is 16.8 Å². The van der Waals surface area contributed by atoms with Crippen molar-refractivity contribution in [3.05, 3.63) is 35.8 Å². The highest BCUT2D eigenvalue weighted by atomic mass is 19.1. The second-order valence-electron chi connectivity index (χ2n) is 4.39. The number of carbonyl (C=O) groups excluding carboxylic acids is 1.